The van der Waals surface area contributed by atoms with E-state index in [-0.39, 0.29) is 12.4 Å². The Morgan fingerprint density at radius 1 is 1.21 bits per heavy atom. The van der Waals surface area contributed by atoms with Crippen LogP contribution in [0.5, 0.6) is 0 Å². The maximum atomic E-state index is 13.2. The molecule has 0 spiro atoms. The van der Waals surface area contributed by atoms with Gasteiger partial charge in [0, 0.05) is 50.2 Å². The number of para-hydroxylation sites is 1. The smallest absolute Gasteiger partial charge is 0.290 e. The van der Waals surface area contributed by atoms with Gasteiger partial charge in [0.2, 0.25) is 5.91 Å². The van der Waals surface area contributed by atoms with Crippen LogP contribution in [0.2, 0.25) is 0 Å². The molecular weight excluding hydrogens is 358 g/mol. The molecule has 150 valence electrons. The number of hydrogen-bond acceptors (Lipinski definition) is 5. The van der Waals surface area contributed by atoms with E-state index in [0.29, 0.717) is 0 Å². The summed E-state index contributed by atoms with van der Waals surface area (Å²) in [5, 5.41) is 17.4. The van der Waals surface area contributed by atoms with E-state index in [1.165, 1.54) is 5.56 Å². The molecule has 1 amide bonds. The van der Waals surface area contributed by atoms with E-state index >= 15 is 0 Å². The monoisotopic (exact) mass is 385 g/mol. The number of carbonyl (C=O) groups excluding carboxylic acids is 1. The van der Waals surface area contributed by atoms with Crippen molar-refractivity contribution < 1.29 is 14.7 Å². The number of nitrogens with one attached hydrogen (secondary N) is 2. The van der Waals surface area contributed by atoms with Gasteiger partial charge in [-0.05, 0) is 31.4 Å². The molecule has 0 atom stereocenters. The summed E-state index contributed by atoms with van der Waals surface area (Å²) < 4.78 is 0. The fourth-order valence-corrected chi connectivity index (χ4v) is 3.73. The van der Waals surface area contributed by atoms with Crippen molar-refractivity contribution in [1.29, 1.82) is 0 Å². The first-order valence-electron chi connectivity index (χ1n) is 9.57. The van der Waals surface area contributed by atoms with Gasteiger partial charge < -0.3 is 15.3 Å². The Bertz CT molecular complexity index is 738. The zero-order valence-electron chi connectivity index (χ0n) is 15.9. The highest BCUT2D eigenvalue weighted by atomic mass is 16.3. The number of carbonyl (C=O) groups is 2. The van der Waals surface area contributed by atoms with Crippen LogP contribution in [0.1, 0.15) is 24.8 Å². The van der Waals surface area contributed by atoms with Crippen LogP contribution in [-0.2, 0) is 16.1 Å². The van der Waals surface area contributed by atoms with E-state index in [9.17, 15) is 4.79 Å². The van der Waals surface area contributed by atoms with Gasteiger partial charge in [-0.2, -0.15) is 5.10 Å². The number of likely N-dealkylation sites (tertiary alicyclic amines) is 2. The minimum absolute atomic E-state index is 0.250. The van der Waals surface area contributed by atoms with Crippen LogP contribution in [0, 0.1) is 0 Å². The number of aromatic nitrogens is 2. The minimum Gasteiger partial charge on any atom is -0.483 e. The summed E-state index contributed by atoms with van der Waals surface area (Å²) in [6.07, 6.45) is 6.59. The molecule has 8 nitrogen and oxygen atoms in total. The maximum absolute atomic E-state index is 13.2. The number of H-pyrrole nitrogens is 1. The number of piperidine rings is 1. The number of rotatable bonds is 5. The summed E-state index contributed by atoms with van der Waals surface area (Å²) in [5.74, 6) is 0.269. The van der Waals surface area contributed by atoms with Gasteiger partial charge in [0.15, 0.2) is 0 Å². The van der Waals surface area contributed by atoms with E-state index in [1.54, 1.807) is 0 Å². The number of benzene rings is 1. The normalized spacial score (nSPS) is 18.4. The minimum atomic E-state index is -0.478. The van der Waals surface area contributed by atoms with Crippen molar-refractivity contribution >= 4 is 18.1 Å². The Morgan fingerprint density at radius 2 is 1.89 bits per heavy atom. The van der Waals surface area contributed by atoms with Gasteiger partial charge in [0.1, 0.15) is 5.54 Å². The highest BCUT2D eigenvalue weighted by Crippen LogP contribution is 2.31. The molecule has 3 N–H and O–H groups in total. The largest absolute Gasteiger partial charge is 0.483 e. The molecule has 0 radical (unpaired) electrons. The average Bonchev–Trinajstić information content (AvgIpc) is 3.17. The van der Waals surface area contributed by atoms with Crippen molar-refractivity contribution in [2.45, 2.75) is 31.3 Å². The molecule has 2 aromatic rings. The summed E-state index contributed by atoms with van der Waals surface area (Å²) >= 11 is 0. The van der Waals surface area contributed by atoms with Gasteiger partial charge in [-0.25, -0.2) is 0 Å². The van der Waals surface area contributed by atoms with Crippen molar-refractivity contribution in [3.8, 4) is 0 Å². The van der Waals surface area contributed by atoms with Crippen LogP contribution in [0.15, 0.2) is 42.7 Å². The number of amides is 1. The molecule has 2 saturated heterocycles. The van der Waals surface area contributed by atoms with Crippen LogP contribution in [0.4, 0.5) is 5.69 Å². The third-order valence-electron chi connectivity index (χ3n) is 5.38. The Labute approximate surface area is 164 Å². The zero-order valence-corrected chi connectivity index (χ0v) is 15.9. The SMILES string of the molecule is O=C(N1CCC1)C1(Nc2ccccc2)CCN(Cc2cn[nH]c2)CC1.O=CO. The first-order valence-corrected chi connectivity index (χ1v) is 9.57. The molecular formula is C20H27N5O3. The number of aromatic amines is 1. The lowest BCUT2D eigenvalue weighted by atomic mass is 9.84. The molecule has 2 fully saturated rings. The fourth-order valence-electron chi connectivity index (χ4n) is 3.73. The predicted molar refractivity (Wildman–Crippen MR) is 106 cm³/mol. The average molecular weight is 385 g/mol. The van der Waals surface area contributed by atoms with E-state index in [1.807, 2.05) is 47.6 Å². The first kappa shape index (κ1) is 19.9. The maximum Gasteiger partial charge on any atom is 0.290 e. The van der Waals surface area contributed by atoms with E-state index in [0.717, 1.165) is 57.7 Å². The lowest BCUT2D eigenvalue weighted by Gasteiger charge is -2.46. The van der Waals surface area contributed by atoms with Crippen LogP contribution in [0.3, 0.4) is 0 Å². The van der Waals surface area contributed by atoms with Crippen LogP contribution >= 0.6 is 0 Å². The van der Waals surface area contributed by atoms with Crippen LogP contribution < -0.4 is 5.32 Å². The third-order valence-corrected chi connectivity index (χ3v) is 5.38. The quantitative estimate of drug-likeness (QED) is 0.679. The van der Waals surface area contributed by atoms with Crippen LogP contribution in [0.25, 0.3) is 0 Å². The molecule has 2 aliphatic rings. The molecule has 3 heterocycles. The van der Waals surface area contributed by atoms with Gasteiger partial charge in [0.25, 0.3) is 6.47 Å². The lowest BCUT2D eigenvalue weighted by Crippen LogP contribution is -2.61. The number of hydrogen-bond donors (Lipinski definition) is 3. The number of carboxylic acid groups (broad SMARTS) is 1. The van der Waals surface area contributed by atoms with E-state index in [4.69, 9.17) is 9.90 Å². The number of anilines is 1. The number of nitrogens with zero attached hydrogens (tertiary/aromatic N) is 3. The standard InChI is InChI=1S/C19H25N5O.CH2O2/c25-18(24-9-4-10-24)19(22-17-5-2-1-3-6-17)7-11-23(12-8-19)15-16-13-20-21-14-16;2-1-3/h1-3,5-6,13-14,22H,4,7-12,15H2,(H,20,21);1H,(H,2,3). The molecule has 8 heteroatoms. The molecule has 0 bridgehead atoms. The van der Waals surface area contributed by atoms with Crippen molar-refractivity contribution in [2.24, 2.45) is 0 Å². The lowest BCUT2D eigenvalue weighted by molar-refractivity contribution is -0.141. The third kappa shape index (κ3) is 4.69. The molecule has 0 saturated carbocycles. The second kappa shape index (κ2) is 9.36. The summed E-state index contributed by atoms with van der Waals surface area (Å²) in [6, 6.07) is 10.1. The molecule has 0 unspecified atom stereocenters. The van der Waals surface area contributed by atoms with E-state index in [2.05, 4.69) is 20.4 Å². The van der Waals surface area contributed by atoms with E-state index < -0.39 is 5.54 Å². The highest BCUT2D eigenvalue weighted by Gasteiger charge is 2.44. The fraction of sp³-hybridized carbons (Fsp3) is 0.450. The summed E-state index contributed by atoms with van der Waals surface area (Å²) in [4.78, 5) is 25.9. The molecule has 0 aliphatic carbocycles. The van der Waals surface area contributed by atoms with Gasteiger partial charge in [-0.3, -0.25) is 19.6 Å². The van der Waals surface area contributed by atoms with Crippen molar-refractivity contribution in [3.05, 3.63) is 48.3 Å². The Balaban J connectivity index is 0.000000706. The van der Waals surface area contributed by atoms with Crippen molar-refractivity contribution in [3.63, 3.8) is 0 Å². The summed E-state index contributed by atoms with van der Waals surface area (Å²) in [6.45, 7) is 4.25. The molecule has 1 aromatic heterocycles. The highest BCUT2D eigenvalue weighted by molar-refractivity contribution is 5.90. The van der Waals surface area contributed by atoms with Gasteiger partial charge >= 0.3 is 0 Å². The summed E-state index contributed by atoms with van der Waals surface area (Å²) in [5.41, 5.74) is 1.74. The molecule has 2 aliphatic heterocycles. The topological polar surface area (TPSA) is 102 Å². The van der Waals surface area contributed by atoms with Crippen LogP contribution in [-0.4, -0.2) is 69.2 Å². The summed E-state index contributed by atoms with van der Waals surface area (Å²) in [7, 11) is 0. The molecule has 1 aromatic carbocycles. The Kier molecular flexibility index (Phi) is 6.65. The van der Waals surface area contributed by atoms with Gasteiger partial charge in [-0.15, -0.1) is 0 Å². The molecule has 28 heavy (non-hydrogen) atoms. The zero-order chi connectivity index (χ0) is 19.8. The second-order valence-corrected chi connectivity index (χ2v) is 7.21. The Hall–Kier alpha value is -2.87. The predicted octanol–water partition coefficient (Wildman–Crippen LogP) is 1.79. The van der Waals surface area contributed by atoms with Gasteiger partial charge in [0.05, 0.1) is 6.20 Å². The molecule has 4 rings (SSSR count). The van der Waals surface area contributed by atoms with Crippen molar-refractivity contribution in [2.75, 3.05) is 31.5 Å². The second-order valence-electron chi connectivity index (χ2n) is 7.21. The Morgan fingerprint density at radius 3 is 2.43 bits per heavy atom. The first-order chi connectivity index (χ1) is 13.7. The van der Waals surface area contributed by atoms with Gasteiger partial charge in [-0.1, -0.05) is 18.2 Å². The van der Waals surface area contributed by atoms with Crippen molar-refractivity contribution in [1.82, 2.24) is 20.0 Å².